The van der Waals surface area contributed by atoms with Gasteiger partial charge in [0.2, 0.25) is 0 Å². The molecule has 0 aromatic carbocycles. The van der Waals surface area contributed by atoms with Crippen LogP contribution in [0.3, 0.4) is 0 Å². The molecule has 1 fully saturated rings. The lowest BCUT2D eigenvalue weighted by molar-refractivity contribution is -0.149. The quantitative estimate of drug-likeness (QED) is 0.543. The summed E-state index contributed by atoms with van der Waals surface area (Å²) in [7, 11) is -3.72. The molecule has 124 valence electrons. The second-order valence-electron chi connectivity index (χ2n) is 4.78. The fraction of sp³-hybridized carbons (Fsp3) is 0.917. The Labute approximate surface area is 125 Å². The summed E-state index contributed by atoms with van der Waals surface area (Å²) < 4.78 is 32.0. The van der Waals surface area contributed by atoms with E-state index in [1.807, 2.05) is 0 Å². The number of ether oxygens (including phenoxy) is 1. The molecule has 0 saturated carbocycles. The van der Waals surface area contributed by atoms with E-state index in [-0.39, 0.29) is 51.3 Å². The molecule has 0 atom stereocenters. The van der Waals surface area contributed by atoms with Crippen molar-refractivity contribution < 1.29 is 28.2 Å². The molecule has 0 aliphatic carbocycles. The maximum Gasteiger partial charge on any atom is 0.309 e. The zero-order chi connectivity index (χ0) is 15.9. The highest BCUT2D eigenvalue weighted by Gasteiger charge is 2.34. The Morgan fingerprint density at radius 2 is 1.76 bits per heavy atom. The Morgan fingerprint density at radius 1 is 1.24 bits per heavy atom. The van der Waals surface area contributed by atoms with E-state index in [1.165, 1.54) is 4.31 Å². The van der Waals surface area contributed by atoms with Crippen LogP contribution in [0, 0.1) is 5.92 Å². The van der Waals surface area contributed by atoms with Gasteiger partial charge >= 0.3 is 5.97 Å². The van der Waals surface area contributed by atoms with Gasteiger partial charge in [0, 0.05) is 26.2 Å². The monoisotopic (exact) mass is 324 g/mol. The molecule has 0 bridgehead atoms. The SMILES string of the molecule is CCOC(=O)C1CCN(S(=O)(=O)N(CCO)CCO)CC1. The lowest BCUT2D eigenvalue weighted by atomic mass is 9.98. The molecule has 0 amide bonds. The van der Waals surface area contributed by atoms with Crippen LogP contribution in [0.5, 0.6) is 0 Å². The topological polar surface area (TPSA) is 107 Å². The predicted octanol–water partition coefficient (Wildman–Crippen LogP) is -1.21. The van der Waals surface area contributed by atoms with Gasteiger partial charge in [-0.3, -0.25) is 4.79 Å². The third kappa shape index (κ3) is 4.89. The van der Waals surface area contributed by atoms with Crippen molar-refractivity contribution in [1.29, 1.82) is 0 Å². The average Bonchev–Trinajstić information content (AvgIpc) is 2.47. The van der Waals surface area contributed by atoms with Crippen LogP contribution in [0.15, 0.2) is 0 Å². The largest absolute Gasteiger partial charge is 0.466 e. The van der Waals surface area contributed by atoms with E-state index in [2.05, 4.69) is 0 Å². The van der Waals surface area contributed by atoms with Gasteiger partial charge in [0.25, 0.3) is 10.2 Å². The number of carbonyl (C=O) groups is 1. The first-order chi connectivity index (χ1) is 9.97. The molecule has 0 radical (unpaired) electrons. The van der Waals surface area contributed by atoms with Gasteiger partial charge in [-0.15, -0.1) is 0 Å². The summed E-state index contributed by atoms with van der Waals surface area (Å²) in [6.07, 6.45) is 0.842. The van der Waals surface area contributed by atoms with Gasteiger partial charge in [-0.1, -0.05) is 0 Å². The number of esters is 1. The third-order valence-electron chi connectivity index (χ3n) is 3.43. The molecule has 0 unspecified atom stereocenters. The van der Waals surface area contributed by atoms with Crippen LogP contribution in [0.1, 0.15) is 19.8 Å². The number of piperidine rings is 1. The number of hydrogen-bond acceptors (Lipinski definition) is 6. The van der Waals surface area contributed by atoms with Crippen molar-refractivity contribution in [1.82, 2.24) is 8.61 Å². The van der Waals surface area contributed by atoms with Crippen LogP contribution in [0.2, 0.25) is 0 Å². The Balaban J connectivity index is 2.64. The smallest absolute Gasteiger partial charge is 0.309 e. The molecule has 1 heterocycles. The van der Waals surface area contributed by atoms with Crippen molar-refractivity contribution in [2.45, 2.75) is 19.8 Å². The molecule has 9 heteroatoms. The number of aliphatic hydroxyl groups excluding tert-OH is 2. The predicted molar refractivity (Wildman–Crippen MR) is 75.6 cm³/mol. The highest BCUT2D eigenvalue weighted by atomic mass is 32.2. The summed E-state index contributed by atoms with van der Waals surface area (Å²) in [4.78, 5) is 11.6. The number of nitrogens with zero attached hydrogens (tertiary/aromatic N) is 2. The molecule has 1 aliphatic rings. The molecule has 8 nitrogen and oxygen atoms in total. The standard InChI is InChI=1S/C12H24N2O6S/c1-2-20-12(17)11-3-5-13(6-4-11)21(18,19)14(7-9-15)8-10-16/h11,15-16H,2-10H2,1H3. The Hall–Kier alpha value is -0.740. The maximum atomic E-state index is 12.4. The minimum Gasteiger partial charge on any atom is -0.466 e. The summed E-state index contributed by atoms with van der Waals surface area (Å²) in [5.74, 6) is -0.544. The average molecular weight is 324 g/mol. The van der Waals surface area contributed by atoms with Crippen LogP contribution in [0.4, 0.5) is 0 Å². The second-order valence-corrected chi connectivity index (χ2v) is 6.71. The van der Waals surface area contributed by atoms with Crippen LogP contribution in [-0.4, -0.2) is 79.2 Å². The number of hydrogen-bond donors (Lipinski definition) is 2. The molecule has 1 rings (SSSR count). The highest BCUT2D eigenvalue weighted by Crippen LogP contribution is 2.22. The van der Waals surface area contributed by atoms with Crippen molar-refractivity contribution in [2.75, 3.05) is 46.0 Å². The normalized spacial score (nSPS) is 18.1. The third-order valence-corrected chi connectivity index (χ3v) is 5.46. The number of carbonyl (C=O) groups excluding carboxylic acids is 1. The molecule has 0 aromatic rings. The highest BCUT2D eigenvalue weighted by molar-refractivity contribution is 7.86. The van der Waals surface area contributed by atoms with Crippen molar-refractivity contribution in [3.8, 4) is 0 Å². The molecule has 0 aromatic heterocycles. The first-order valence-corrected chi connectivity index (χ1v) is 8.50. The van der Waals surface area contributed by atoms with E-state index in [0.29, 0.717) is 19.4 Å². The summed E-state index contributed by atoms with van der Waals surface area (Å²) in [5.41, 5.74) is 0. The van der Waals surface area contributed by atoms with Crippen molar-refractivity contribution in [3.05, 3.63) is 0 Å². The van der Waals surface area contributed by atoms with Gasteiger partial charge < -0.3 is 14.9 Å². The number of rotatable bonds is 8. The van der Waals surface area contributed by atoms with Gasteiger partial charge in [0.05, 0.1) is 25.7 Å². The molecule has 1 aliphatic heterocycles. The van der Waals surface area contributed by atoms with Crippen molar-refractivity contribution in [3.63, 3.8) is 0 Å². The first-order valence-electron chi connectivity index (χ1n) is 7.11. The molecule has 2 N–H and O–H groups in total. The first kappa shape index (κ1) is 18.3. The Kier molecular flexibility index (Phi) is 7.53. The van der Waals surface area contributed by atoms with E-state index in [0.717, 1.165) is 4.31 Å². The maximum absolute atomic E-state index is 12.4. The minimum absolute atomic E-state index is 0.0549. The molecule has 1 saturated heterocycles. The molecular weight excluding hydrogens is 300 g/mol. The van der Waals surface area contributed by atoms with Crippen LogP contribution >= 0.6 is 0 Å². The molecular formula is C12H24N2O6S. The fourth-order valence-corrected chi connectivity index (χ4v) is 3.93. The van der Waals surface area contributed by atoms with Crippen LogP contribution < -0.4 is 0 Å². The van der Waals surface area contributed by atoms with E-state index in [9.17, 15) is 13.2 Å². The van der Waals surface area contributed by atoms with E-state index < -0.39 is 10.2 Å². The van der Waals surface area contributed by atoms with Gasteiger partial charge in [-0.25, -0.2) is 0 Å². The van der Waals surface area contributed by atoms with E-state index >= 15 is 0 Å². The van der Waals surface area contributed by atoms with Crippen LogP contribution in [-0.2, 0) is 19.7 Å². The fourth-order valence-electron chi connectivity index (χ4n) is 2.31. The molecule has 0 spiro atoms. The summed E-state index contributed by atoms with van der Waals surface area (Å²) >= 11 is 0. The summed E-state index contributed by atoms with van der Waals surface area (Å²) in [6, 6.07) is 0. The summed E-state index contributed by atoms with van der Waals surface area (Å²) in [5, 5.41) is 17.9. The zero-order valence-electron chi connectivity index (χ0n) is 12.3. The van der Waals surface area contributed by atoms with Gasteiger partial charge in [0.15, 0.2) is 0 Å². The number of aliphatic hydroxyl groups is 2. The minimum atomic E-state index is -3.72. The second kappa shape index (κ2) is 8.64. The van der Waals surface area contributed by atoms with Gasteiger partial charge in [-0.2, -0.15) is 17.0 Å². The summed E-state index contributed by atoms with van der Waals surface area (Å²) in [6.45, 7) is 1.80. The lowest BCUT2D eigenvalue weighted by Gasteiger charge is -2.33. The van der Waals surface area contributed by atoms with E-state index in [1.54, 1.807) is 6.92 Å². The zero-order valence-corrected chi connectivity index (χ0v) is 13.1. The van der Waals surface area contributed by atoms with Crippen LogP contribution in [0.25, 0.3) is 0 Å². The van der Waals surface area contributed by atoms with Crippen molar-refractivity contribution in [2.24, 2.45) is 5.92 Å². The van der Waals surface area contributed by atoms with Gasteiger partial charge in [-0.05, 0) is 19.8 Å². The molecule has 21 heavy (non-hydrogen) atoms. The lowest BCUT2D eigenvalue weighted by Crippen LogP contribution is -2.49. The van der Waals surface area contributed by atoms with Gasteiger partial charge in [0.1, 0.15) is 0 Å². The van der Waals surface area contributed by atoms with Crippen molar-refractivity contribution >= 4 is 16.2 Å². The Morgan fingerprint density at radius 3 is 2.19 bits per heavy atom. The van der Waals surface area contributed by atoms with E-state index in [4.69, 9.17) is 14.9 Å². The Bertz CT molecular complexity index is 413.